The third kappa shape index (κ3) is 5.74. The van der Waals surface area contributed by atoms with E-state index in [1.807, 2.05) is 18.2 Å². The Labute approximate surface area is 179 Å². The Morgan fingerprint density at radius 3 is 3.00 bits per heavy atom. The maximum atomic E-state index is 13.2. The molecule has 162 valence electrons. The monoisotopic (exact) mass is 425 g/mol. The minimum absolute atomic E-state index is 0.168. The molecule has 0 bridgehead atoms. The second-order valence-electron chi connectivity index (χ2n) is 7.65. The van der Waals surface area contributed by atoms with Gasteiger partial charge in [0.05, 0.1) is 12.3 Å². The molecular formula is C23H24FN3O4. The number of Topliss-reactive ketones (excluding diaryl/α,β-unsaturated/α-hetero) is 1. The van der Waals surface area contributed by atoms with E-state index < -0.39 is 12.1 Å². The number of carbonyl (C=O) groups is 1. The predicted octanol–water partition coefficient (Wildman–Crippen LogP) is 3.17. The van der Waals surface area contributed by atoms with Crippen molar-refractivity contribution in [2.75, 3.05) is 13.1 Å². The van der Waals surface area contributed by atoms with Gasteiger partial charge in [0.1, 0.15) is 12.4 Å². The number of aromatic nitrogens is 2. The molecule has 0 amide bonds. The standard InChI is InChI=1S/C23H24FN3O4/c24-23-10-17(5-7-26-23)22(29)4-2-19(28)13-27-8-6-16-9-20(3-1-18(16)12-27)30-14-21-11-25-15-31-21/h1,3,5,7,9-11,15,19,28H,2,4,6,8,12-14H2/t19-/m0/s1. The van der Waals surface area contributed by atoms with Crippen LogP contribution in [0.2, 0.25) is 0 Å². The van der Waals surface area contributed by atoms with Crippen LogP contribution in [0, 0.1) is 5.95 Å². The van der Waals surface area contributed by atoms with Gasteiger partial charge in [-0.05, 0) is 42.2 Å². The van der Waals surface area contributed by atoms with Crippen molar-refractivity contribution >= 4 is 5.78 Å². The second-order valence-corrected chi connectivity index (χ2v) is 7.65. The lowest BCUT2D eigenvalue weighted by Crippen LogP contribution is -2.36. The number of carbonyl (C=O) groups excluding carboxylic acids is 1. The van der Waals surface area contributed by atoms with Crippen LogP contribution in [-0.2, 0) is 19.6 Å². The van der Waals surface area contributed by atoms with Crippen LogP contribution >= 0.6 is 0 Å². The second kappa shape index (κ2) is 9.80. The molecule has 31 heavy (non-hydrogen) atoms. The number of ketones is 1. The number of pyridine rings is 1. The molecule has 0 unspecified atom stereocenters. The molecule has 3 heterocycles. The zero-order valence-electron chi connectivity index (χ0n) is 17.0. The van der Waals surface area contributed by atoms with Gasteiger partial charge < -0.3 is 14.3 Å². The summed E-state index contributed by atoms with van der Waals surface area (Å²) in [7, 11) is 0. The molecule has 0 fully saturated rings. The number of oxazole rings is 1. The number of aliphatic hydroxyl groups is 1. The number of nitrogens with zero attached hydrogens (tertiary/aromatic N) is 3. The van der Waals surface area contributed by atoms with E-state index in [0.717, 1.165) is 31.3 Å². The molecular weight excluding hydrogens is 401 g/mol. The molecule has 1 atom stereocenters. The van der Waals surface area contributed by atoms with Crippen LogP contribution in [0.25, 0.3) is 0 Å². The summed E-state index contributed by atoms with van der Waals surface area (Å²) in [6.07, 6.45) is 5.02. The SMILES string of the molecule is O=C(CC[C@H](O)CN1CCc2cc(OCc3cnco3)ccc2C1)c1ccnc(F)c1. The van der Waals surface area contributed by atoms with Gasteiger partial charge in [0.25, 0.3) is 0 Å². The molecule has 7 nitrogen and oxygen atoms in total. The van der Waals surface area contributed by atoms with Gasteiger partial charge in [-0.15, -0.1) is 0 Å². The molecule has 2 aromatic heterocycles. The number of benzene rings is 1. The van der Waals surface area contributed by atoms with Crippen LogP contribution in [0.3, 0.4) is 0 Å². The Morgan fingerprint density at radius 1 is 1.29 bits per heavy atom. The molecule has 0 aliphatic carbocycles. The third-order valence-electron chi connectivity index (χ3n) is 5.36. The van der Waals surface area contributed by atoms with Gasteiger partial charge in [-0.3, -0.25) is 9.69 Å². The fourth-order valence-electron chi connectivity index (χ4n) is 3.71. The van der Waals surface area contributed by atoms with Gasteiger partial charge in [-0.25, -0.2) is 9.97 Å². The zero-order valence-corrected chi connectivity index (χ0v) is 17.0. The predicted molar refractivity (Wildman–Crippen MR) is 110 cm³/mol. The lowest BCUT2D eigenvalue weighted by atomic mass is 9.98. The summed E-state index contributed by atoms with van der Waals surface area (Å²) in [5, 5.41) is 10.4. The van der Waals surface area contributed by atoms with E-state index in [4.69, 9.17) is 9.15 Å². The molecule has 1 aromatic carbocycles. The quantitative estimate of drug-likeness (QED) is 0.416. The fraction of sp³-hybridized carbons (Fsp3) is 0.348. The van der Waals surface area contributed by atoms with Crippen LogP contribution in [-0.4, -0.2) is 45.0 Å². The van der Waals surface area contributed by atoms with Crippen molar-refractivity contribution in [2.24, 2.45) is 0 Å². The highest BCUT2D eigenvalue weighted by molar-refractivity contribution is 5.95. The topological polar surface area (TPSA) is 88.7 Å². The Hall–Kier alpha value is -3.10. The van der Waals surface area contributed by atoms with E-state index >= 15 is 0 Å². The van der Waals surface area contributed by atoms with Crippen molar-refractivity contribution in [3.8, 4) is 5.75 Å². The number of fused-ring (bicyclic) bond motifs is 1. The van der Waals surface area contributed by atoms with E-state index in [0.29, 0.717) is 25.3 Å². The maximum absolute atomic E-state index is 13.2. The average Bonchev–Trinajstić information content (AvgIpc) is 3.30. The molecule has 0 spiro atoms. The number of β-amino-alcohol motifs (C(OH)–C–C–N with tert-alkyl or cyclic N) is 1. The molecule has 1 N–H and O–H groups in total. The van der Waals surface area contributed by atoms with E-state index in [-0.39, 0.29) is 17.8 Å². The van der Waals surface area contributed by atoms with Gasteiger partial charge in [-0.2, -0.15) is 4.39 Å². The van der Waals surface area contributed by atoms with Gasteiger partial charge in [-0.1, -0.05) is 6.07 Å². The molecule has 1 aliphatic rings. The van der Waals surface area contributed by atoms with Crippen LogP contribution in [0.15, 0.2) is 53.5 Å². The third-order valence-corrected chi connectivity index (χ3v) is 5.36. The number of aliphatic hydroxyl groups excluding tert-OH is 1. The summed E-state index contributed by atoms with van der Waals surface area (Å²) >= 11 is 0. The van der Waals surface area contributed by atoms with E-state index in [1.54, 1.807) is 6.20 Å². The number of hydrogen-bond donors (Lipinski definition) is 1. The highest BCUT2D eigenvalue weighted by atomic mass is 19.1. The number of rotatable bonds is 9. The normalized spacial score (nSPS) is 14.8. The fourth-order valence-corrected chi connectivity index (χ4v) is 3.71. The highest BCUT2D eigenvalue weighted by Gasteiger charge is 2.20. The van der Waals surface area contributed by atoms with E-state index in [9.17, 15) is 14.3 Å². The van der Waals surface area contributed by atoms with E-state index in [1.165, 1.54) is 29.8 Å². The van der Waals surface area contributed by atoms with Crippen molar-refractivity contribution in [2.45, 2.75) is 38.5 Å². The van der Waals surface area contributed by atoms with Crippen LogP contribution in [0.1, 0.15) is 40.1 Å². The zero-order chi connectivity index (χ0) is 21.6. The smallest absolute Gasteiger partial charge is 0.213 e. The Kier molecular flexibility index (Phi) is 6.69. The summed E-state index contributed by atoms with van der Waals surface area (Å²) in [5.41, 5.74) is 2.72. The molecule has 3 aromatic rings. The molecule has 0 saturated carbocycles. The summed E-state index contributed by atoms with van der Waals surface area (Å²) in [4.78, 5) is 21.7. The number of ether oxygens (including phenoxy) is 1. The van der Waals surface area contributed by atoms with Crippen molar-refractivity contribution in [1.29, 1.82) is 0 Å². The molecule has 0 radical (unpaired) electrons. The minimum Gasteiger partial charge on any atom is -0.486 e. The van der Waals surface area contributed by atoms with Gasteiger partial charge in [0.15, 0.2) is 17.9 Å². The van der Waals surface area contributed by atoms with Gasteiger partial charge in [0.2, 0.25) is 5.95 Å². The first-order valence-corrected chi connectivity index (χ1v) is 10.2. The van der Waals surface area contributed by atoms with Gasteiger partial charge in [0, 0.05) is 43.9 Å². The first-order valence-electron chi connectivity index (χ1n) is 10.2. The highest BCUT2D eigenvalue weighted by Crippen LogP contribution is 2.25. The lowest BCUT2D eigenvalue weighted by molar-refractivity contribution is 0.0836. The largest absolute Gasteiger partial charge is 0.486 e. The number of hydrogen-bond acceptors (Lipinski definition) is 7. The maximum Gasteiger partial charge on any atom is 0.213 e. The molecule has 0 saturated heterocycles. The van der Waals surface area contributed by atoms with Crippen molar-refractivity contribution < 1.29 is 23.4 Å². The Balaban J connectivity index is 1.25. The first kappa shape index (κ1) is 21.1. The van der Waals surface area contributed by atoms with Crippen molar-refractivity contribution in [1.82, 2.24) is 14.9 Å². The lowest BCUT2D eigenvalue weighted by Gasteiger charge is -2.30. The molecule has 1 aliphatic heterocycles. The molecule has 8 heteroatoms. The van der Waals surface area contributed by atoms with Crippen LogP contribution in [0.4, 0.5) is 4.39 Å². The van der Waals surface area contributed by atoms with E-state index in [2.05, 4.69) is 14.9 Å². The Morgan fingerprint density at radius 2 is 2.19 bits per heavy atom. The summed E-state index contributed by atoms with van der Waals surface area (Å²) in [6, 6.07) is 8.64. The van der Waals surface area contributed by atoms with Crippen molar-refractivity contribution in [3.05, 3.63) is 77.5 Å². The average molecular weight is 425 g/mol. The van der Waals surface area contributed by atoms with Crippen LogP contribution < -0.4 is 4.74 Å². The van der Waals surface area contributed by atoms with Crippen LogP contribution in [0.5, 0.6) is 5.75 Å². The Bertz CT molecular complexity index is 1030. The summed E-state index contributed by atoms with van der Waals surface area (Å²) in [5.74, 6) is 0.590. The first-order chi connectivity index (χ1) is 15.1. The van der Waals surface area contributed by atoms with Gasteiger partial charge >= 0.3 is 0 Å². The van der Waals surface area contributed by atoms with Crippen molar-refractivity contribution in [3.63, 3.8) is 0 Å². The minimum atomic E-state index is -0.676. The summed E-state index contributed by atoms with van der Waals surface area (Å²) < 4.78 is 24.1. The summed E-state index contributed by atoms with van der Waals surface area (Å²) in [6.45, 7) is 2.38. The molecule has 4 rings (SSSR count). The number of halogens is 1.